The predicted octanol–water partition coefficient (Wildman–Crippen LogP) is 3.90. The van der Waals surface area contributed by atoms with E-state index in [1.807, 2.05) is 32.2 Å². The Kier molecular flexibility index (Phi) is 5.33. The van der Waals surface area contributed by atoms with E-state index in [4.69, 9.17) is 0 Å². The number of benzene rings is 1. The quantitative estimate of drug-likeness (QED) is 0.838. The van der Waals surface area contributed by atoms with Gasteiger partial charge in [0, 0.05) is 10.4 Å². The molecule has 0 atom stereocenters. The van der Waals surface area contributed by atoms with Crippen LogP contribution in [-0.2, 0) is 10.0 Å². The van der Waals surface area contributed by atoms with Gasteiger partial charge in [-0.3, -0.25) is 0 Å². The minimum Gasteiger partial charge on any atom is -0.207 e. The van der Waals surface area contributed by atoms with Crippen molar-refractivity contribution in [2.24, 2.45) is 5.41 Å². The lowest BCUT2D eigenvalue weighted by Gasteiger charge is -2.33. The van der Waals surface area contributed by atoms with Gasteiger partial charge in [0.1, 0.15) is 0 Å². The molecule has 1 aromatic carbocycles. The fourth-order valence-corrected chi connectivity index (χ4v) is 4.36. The van der Waals surface area contributed by atoms with E-state index in [0.29, 0.717) is 4.90 Å². The lowest BCUT2D eigenvalue weighted by Crippen LogP contribution is -2.45. The third-order valence-corrected chi connectivity index (χ3v) is 5.21. The van der Waals surface area contributed by atoms with Crippen LogP contribution in [0.2, 0.25) is 0 Å². The summed E-state index contributed by atoms with van der Waals surface area (Å²) in [6.45, 7) is 10.2. The van der Waals surface area contributed by atoms with E-state index in [-0.39, 0.29) is 5.41 Å². The van der Waals surface area contributed by atoms with Gasteiger partial charge < -0.3 is 0 Å². The zero-order valence-electron chi connectivity index (χ0n) is 13.1. The Bertz CT molecular complexity index is 540. The fraction of sp³-hybridized carbons (Fsp3) is 0.600. The summed E-state index contributed by atoms with van der Waals surface area (Å²) < 4.78 is 27.6. The highest BCUT2D eigenvalue weighted by Crippen LogP contribution is 2.28. The van der Waals surface area contributed by atoms with Crippen LogP contribution in [0, 0.1) is 5.41 Å². The molecule has 0 bridgehead atoms. The molecule has 0 spiro atoms. The first kappa shape index (κ1) is 17.5. The smallest absolute Gasteiger partial charge is 0.207 e. The topological polar surface area (TPSA) is 46.2 Å². The summed E-state index contributed by atoms with van der Waals surface area (Å²) in [7, 11) is -3.47. The second-order valence-electron chi connectivity index (χ2n) is 6.90. The van der Waals surface area contributed by atoms with Gasteiger partial charge in [0.2, 0.25) is 10.0 Å². The first-order valence-corrected chi connectivity index (χ1v) is 9.34. The van der Waals surface area contributed by atoms with E-state index in [2.05, 4.69) is 25.5 Å². The maximum atomic E-state index is 12.4. The number of thioether (sulfide) groups is 1. The van der Waals surface area contributed by atoms with Crippen molar-refractivity contribution >= 4 is 21.8 Å². The highest BCUT2D eigenvalue weighted by molar-refractivity contribution is 7.98. The minimum atomic E-state index is -3.47. The minimum absolute atomic E-state index is 0.0642. The van der Waals surface area contributed by atoms with Crippen LogP contribution in [0.5, 0.6) is 0 Å². The van der Waals surface area contributed by atoms with Crippen molar-refractivity contribution in [1.29, 1.82) is 0 Å². The molecule has 1 N–H and O–H groups in total. The molecule has 0 amide bonds. The van der Waals surface area contributed by atoms with Gasteiger partial charge in [0.05, 0.1) is 4.90 Å². The largest absolute Gasteiger partial charge is 0.241 e. The van der Waals surface area contributed by atoms with Crippen molar-refractivity contribution in [3.8, 4) is 0 Å². The second-order valence-corrected chi connectivity index (χ2v) is 9.46. The maximum Gasteiger partial charge on any atom is 0.241 e. The van der Waals surface area contributed by atoms with Gasteiger partial charge in [-0.2, -0.15) is 0 Å². The van der Waals surface area contributed by atoms with Gasteiger partial charge in [0.25, 0.3) is 0 Å². The number of hydrogen-bond donors (Lipinski definition) is 1. The van der Waals surface area contributed by atoms with Crippen molar-refractivity contribution in [1.82, 2.24) is 4.72 Å². The van der Waals surface area contributed by atoms with Gasteiger partial charge in [-0.25, -0.2) is 13.1 Å². The molecule has 5 heteroatoms. The lowest BCUT2D eigenvalue weighted by molar-refractivity contribution is 0.269. The molecule has 0 radical (unpaired) electrons. The van der Waals surface area contributed by atoms with Crippen molar-refractivity contribution in [3.05, 3.63) is 24.3 Å². The van der Waals surface area contributed by atoms with E-state index in [1.165, 1.54) is 0 Å². The molecule has 0 fully saturated rings. The second kappa shape index (κ2) is 6.08. The van der Waals surface area contributed by atoms with Crippen LogP contribution in [-0.4, -0.2) is 20.2 Å². The average molecular weight is 316 g/mol. The zero-order valence-corrected chi connectivity index (χ0v) is 14.8. The van der Waals surface area contributed by atoms with E-state index >= 15 is 0 Å². The van der Waals surface area contributed by atoms with Crippen molar-refractivity contribution < 1.29 is 8.42 Å². The van der Waals surface area contributed by atoms with Crippen LogP contribution >= 0.6 is 11.8 Å². The molecule has 0 aliphatic heterocycles. The Labute approximate surface area is 127 Å². The molecule has 114 valence electrons. The molecule has 1 aromatic rings. The van der Waals surface area contributed by atoms with E-state index < -0.39 is 15.6 Å². The zero-order chi connectivity index (χ0) is 15.6. The summed E-state index contributed by atoms with van der Waals surface area (Å²) in [6, 6.07) is 6.97. The number of sulfonamides is 1. The van der Waals surface area contributed by atoms with Crippen molar-refractivity contribution in [3.63, 3.8) is 0 Å². The number of hydrogen-bond acceptors (Lipinski definition) is 3. The Morgan fingerprint density at radius 2 is 1.55 bits per heavy atom. The third-order valence-electron chi connectivity index (χ3n) is 2.75. The Balaban J connectivity index is 2.93. The molecule has 0 heterocycles. The maximum absolute atomic E-state index is 12.4. The molecule has 1 rings (SSSR count). The van der Waals surface area contributed by atoms with Crippen molar-refractivity contribution in [2.45, 2.75) is 56.4 Å². The molecule has 0 aromatic heterocycles. The Morgan fingerprint density at radius 3 is 1.95 bits per heavy atom. The van der Waals surface area contributed by atoms with Crippen LogP contribution in [0.3, 0.4) is 0 Å². The van der Waals surface area contributed by atoms with Crippen LogP contribution in [0.15, 0.2) is 34.1 Å². The Hall–Kier alpha value is -0.520. The third kappa shape index (κ3) is 5.46. The summed E-state index contributed by atoms with van der Waals surface area (Å²) in [5, 5.41) is 0. The van der Waals surface area contributed by atoms with Gasteiger partial charge in [-0.15, -0.1) is 11.8 Å². The molecule has 20 heavy (non-hydrogen) atoms. The van der Waals surface area contributed by atoms with Crippen LogP contribution in [0.25, 0.3) is 0 Å². The summed E-state index contributed by atoms with van der Waals surface area (Å²) in [5.41, 5.74) is -0.413. The highest BCUT2D eigenvalue weighted by atomic mass is 32.2. The SMILES string of the molecule is CSc1ccc(S(=O)(=O)NC(C)(C)CC(C)(C)C)cc1. The summed E-state index contributed by atoms with van der Waals surface area (Å²) >= 11 is 1.59. The normalized spacial score (nSPS) is 13.5. The van der Waals surface area contributed by atoms with Crippen LogP contribution < -0.4 is 4.72 Å². The van der Waals surface area contributed by atoms with Gasteiger partial charge in [0.15, 0.2) is 0 Å². The standard InChI is InChI=1S/C15H25NO2S2/c1-14(2,3)11-15(4,5)16-20(17,18)13-9-7-12(19-6)8-10-13/h7-10,16H,11H2,1-6H3. The summed E-state index contributed by atoms with van der Waals surface area (Å²) in [5.74, 6) is 0. The first-order valence-electron chi connectivity index (χ1n) is 6.63. The van der Waals surface area contributed by atoms with E-state index in [0.717, 1.165) is 11.3 Å². The molecule has 0 aliphatic carbocycles. The Morgan fingerprint density at radius 1 is 1.05 bits per heavy atom. The van der Waals surface area contributed by atoms with E-state index in [1.54, 1.807) is 23.9 Å². The number of nitrogens with one attached hydrogen (secondary N) is 1. The summed E-state index contributed by atoms with van der Waals surface area (Å²) in [6.07, 6.45) is 2.73. The van der Waals surface area contributed by atoms with Gasteiger partial charge in [-0.1, -0.05) is 20.8 Å². The van der Waals surface area contributed by atoms with Gasteiger partial charge >= 0.3 is 0 Å². The van der Waals surface area contributed by atoms with Crippen molar-refractivity contribution in [2.75, 3.05) is 6.26 Å². The highest BCUT2D eigenvalue weighted by Gasteiger charge is 2.30. The summed E-state index contributed by atoms with van der Waals surface area (Å²) in [4.78, 5) is 1.37. The molecular weight excluding hydrogens is 290 g/mol. The number of rotatable bonds is 5. The predicted molar refractivity (Wildman–Crippen MR) is 86.7 cm³/mol. The molecule has 0 saturated carbocycles. The molecule has 0 unspecified atom stereocenters. The monoisotopic (exact) mass is 315 g/mol. The van der Waals surface area contributed by atoms with Gasteiger partial charge in [-0.05, 0) is 56.2 Å². The van der Waals surface area contributed by atoms with Crippen LogP contribution in [0.4, 0.5) is 0 Å². The average Bonchev–Trinajstić information content (AvgIpc) is 2.24. The molecule has 0 aliphatic rings. The first-order chi connectivity index (χ1) is 8.95. The van der Waals surface area contributed by atoms with Crippen LogP contribution in [0.1, 0.15) is 41.0 Å². The molecule has 0 saturated heterocycles. The van der Waals surface area contributed by atoms with E-state index in [9.17, 15) is 8.42 Å². The lowest BCUT2D eigenvalue weighted by atomic mass is 9.82. The fourth-order valence-electron chi connectivity index (χ4n) is 2.54. The molecule has 3 nitrogen and oxygen atoms in total. The molecular formula is C15H25NO2S2.